The summed E-state index contributed by atoms with van der Waals surface area (Å²) in [5, 5.41) is 6.81. The van der Waals surface area contributed by atoms with E-state index in [9.17, 15) is 4.79 Å². The molecule has 5 heteroatoms. The summed E-state index contributed by atoms with van der Waals surface area (Å²) >= 11 is 0. The van der Waals surface area contributed by atoms with Crippen LogP contribution in [-0.2, 0) is 0 Å². The highest BCUT2D eigenvalue weighted by Gasteiger charge is 2.28. The predicted octanol–water partition coefficient (Wildman–Crippen LogP) is 1.16. The van der Waals surface area contributed by atoms with Crippen LogP contribution in [0.4, 0.5) is 0 Å². The number of nitrogens with zero attached hydrogens (tertiary/aromatic N) is 3. The van der Waals surface area contributed by atoms with Crippen LogP contribution in [0.25, 0.3) is 0 Å². The third-order valence-electron chi connectivity index (χ3n) is 2.71. The summed E-state index contributed by atoms with van der Waals surface area (Å²) < 4.78 is 0. The van der Waals surface area contributed by atoms with Gasteiger partial charge in [-0.25, -0.2) is 4.98 Å². The molecule has 0 spiro atoms. The topological polar surface area (TPSA) is 61.9 Å². The lowest BCUT2D eigenvalue weighted by Crippen LogP contribution is -2.31. The lowest BCUT2D eigenvalue weighted by molar-refractivity contribution is 0.0761. The van der Waals surface area contributed by atoms with Gasteiger partial charge in [0.1, 0.15) is 5.82 Å². The number of hydrogen-bond acceptors (Lipinski definition) is 3. The minimum Gasteiger partial charge on any atom is -0.336 e. The molecule has 1 fully saturated rings. The molecule has 1 N–H and O–H groups in total. The van der Waals surface area contributed by atoms with Crippen molar-refractivity contribution >= 4 is 5.91 Å². The Morgan fingerprint density at radius 3 is 2.67 bits per heavy atom. The fraction of sp³-hybridized carbons (Fsp3) is 0.700. The number of carbonyl (C=O) groups excluding carboxylic acids is 1. The molecular formula is C10H16N4O. The van der Waals surface area contributed by atoms with E-state index in [2.05, 4.69) is 15.2 Å². The first-order valence-electron chi connectivity index (χ1n) is 5.47. The molecular weight excluding hydrogens is 192 g/mol. The van der Waals surface area contributed by atoms with Crippen molar-refractivity contribution < 1.29 is 4.79 Å². The number of hydrogen-bond donors (Lipinski definition) is 1. The van der Waals surface area contributed by atoms with E-state index in [0.717, 1.165) is 18.7 Å². The summed E-state index contributed by atoms with van der Waals surface area (Å²) in [4.78, 5) is 17.8. The minimum absolute atomic E-state index is 0.0804. The number of H-pyrrole nitrogens is 1. The van der Waals surface area contributed by atoms with Crippen LogP contribution in [-0.4, -0.2) is 39.1 Å². The van der Waals surface area contributed by atoms with E-state index in [1.165, 1.54) is 0 Å². The highest BCUT2D eigenvalue weighted by atomic mass is 16.2. The van der Waals surface area contributed by atoms with E-state index in [4.69, 9.17) is 0 Å². The van der Waals surface area contributed by atoms with Crippen LogP contribution >= 0.6 is 0 Å². The van der Waals surface area contributed by atoms with Crippen molar-refractivity contribution in [1.29, 1.82) is 0 Å². The smallest absolute Gasteiger partial charge is 0.293 e. The summed E-state index contributed by atoms with van der Waals surface area (Å²) in [5.74, 6) is 1.60. The van der Waals surface area contributed by atoms with Gasteiger partial charge in [0.2, 0.25) is 5.82 Å². The van der Waals surface area contributed by atoms with Crippen molar-refractivity contribution in [2.24, 2.45) is 0 Å². The first kappa shape index (κ1) is 10.1. The molecule has 15 heavy (non-hydrogen) atoms. The zero-order valence-electron chi connectivity index (χ0n) is 9.16. The van der Waals surface area contributed by atoms with Crippen molar-refractivity contribution in [2.75, 3.05) is 13.1 Å². The van der Waals surface area contributed by atoms with Crippen molar-refractivity contribution in [2.45, 2.75) is 32.6 Å². The first-order chi connectivity index (χ1) is 7.26. The molecule has 82 valence electrons. The highest BCUT2D eigenvalue weighted by Crippen LogP contribution is 2.37. The van der Waals surface area contributed by atoms with E-state index in [1.54, 1.807) is 4.90 Å². The second-order valence-corrected chi connectivity index (χ2v) is 3.80. The van der Waals surface area contributed by atoms with Gasteiger partial charge in [0, 0.05) is 19.0 Å². The molecule has 1 aliphatic rings. The molecule has 2 rings (SSSR count). The molecule has 1 aliphatic carbocycles. The van der Waals surface area contributed by atoms with E-state index in [-0.39, 0.29) is 5.91 Å². The van der Waals surface area contributed by atoms with Crippen molar-refractivity contribution in [3.05, 3.63) is 11.6 Å². The van der Waals surface area contributed by atoms with E-state index in [1.807, 2.05) is 13.8 Å². The molecule has 0 unspecified atom stereocenters. The Bertz CT molecular complexity index is 352. The Labute approximate surface area is 88.9 Å². The van der Waals surface area contributed by atoms with Gasteiger partial charge in [-0.05, 0) is 26.7 Å². The molecule has 1 heterocycles. The fourth-order valence-electron chi connectivity index (χ4n) is 1.56. The lowest BCUT2D eigenvalue weighted by atomic mass is 10.4. The summed E-state index contributed by atoms with van der Waals surface area (Å²) in [6, 6.07) is 0. The lowest BCUT2D eigenvalue weighted by Gasteiger charge is -2.15. The molecule has 1 aromatic rings. The van der Waals surface area contributed by atoms with Crippen LogP contribution in [0, 0.1) is 0 Å². The Morgan fingerprint density at radius 2 is 2.13 bits per heavy atom. The second-order valence-electron chi connectivity index (χ2n) is 3.80. The number of aromatic amines is 1. The van der Waals surface area contributed by atoms with E-state index in [0.29, 0.717) is 24.8 Å². The largest absolute Gasteiger partial charge is 0.336 e. The van der Waals surface area contributed by atoms with Gasteiger partial charge in [-0.15, -0.1) is 5.10 Å². The summed E-state index contributed by atoms with van der Waals surface area (Å²) in [7, 11) is 0. The monoisotopic (exact) mass is 208 g/mol. The Hall–Kier alpha value is -1.39. The first-order valence-corrected chi connectivity index (χ1v) is 5.47. The van der Waals surface area contributed by atoms with Gasteiger partial charge in [-0.1, -0.05) is 0 Å². The van der Waals surface area contributed by atoms with Crippen LogP contribution in [0.1, 0.15) is 49.1 Å². The maximum atomic E-state index is 11.8. The third-order valence-corrected chi connectivity index (χ3v) is 2.71. The van der Waals surface area contributed by atoms with Gasteiger partial charge in [-0.3, -0.25) is 9.89 Å². The molecule has 0 saturated heterocycles. The Morgan fingerprint density at radius 1 is 1.47 bits per heavy atom. The fourth-order valence-corrected chi connectivity index (χ4v) is 1.56. The maximum Gasteiger partial charge on any atom is 0.293 e. The number of aromatic nitrogens is 3. The number of nitrogens with one attached hydrogen (secondary N) is 1. The number of amides is 1. The molecule has 0 atom stereocenters. The van der Waals surface area contributed by atoms with E-state index >= 15 is 0 Å². The minimum atomic E-state index is -0.0804. The zero-order chi connectivity index (χ0) is 10.8. The number of rotatable bonds is 4. The summed E-state index contributed by atoms with van der Waals surface area (Å²) in [5.41, 5.74) is 0. The SMILES string of the molecule is CCN(CC)C(=O)c1n[nH]c(C2CC2)n1. The molecule has 0 radical (unpaired) electrons. The van der Waals surface area contributed by atoms with Crippen molar-refractivity contribution in [3.8, 4) is 0 Å². The van der Waals surface area contributed by atoms with Crippen LogP contribution in [0.15, 0.2) is 0 Å². The number of carbonyl (C=O) groups is 1. The molecule has 0 bridgehead atoms. The Balaban J connectivity index is 2.10. The van der Waals surface area contributed by atoms with Crippen LogP contribution in [0.2, 0.25) is 0 Å². The predicted molar refractivity (Wildman–Crippen MR) is 55.6 cm³/mol. The van der Waals surface area contributed by atoms with Gasteiger partial charge in [0.15, 0.2) is 0 Å². The van der Waals surface area contributed by atoms with Crippen molar-refractivity contribution in [3.63, 3.8) is 0 Å². The summed E-state index contributed by atoms with van der Waals surface area (Å²) in [6.07, 6.45) is 2.32. The Kier molecular flexibility index (Phi) is 2.70. The second kappa shape index (κ2) is 4.00. The highest BCUT2D eigenvalue weighted by molar-refractivity contribution is 5.90. The molecule has 0 aromatic carbocycles. The summed E-state index contributed by atoms with van der Waals surface area (Å²) in [6.45, 7) is 5.30. The van der Waals surface area contributed by atoms with Crippen molar-refractivity contribution in [1.82, 2.24) is 20.1 Å². The van der Waals surface area contributed by atoms with Gasteiger partial charge in [0.25, 0.3) is 5.91 Å². The van der Waals surface area contributed by atoms with Gasteiger partial charge >= 0.3 is 0 Å². The van der Waals surface area contributed by atoms with Crippen LogP contribution < -0.4 is 0 Å². The molecule has 5 nitrogen and oxygen atoms in total. The van der Waals surface area contributed by atoms with Crippen LogP contribution in [0.5, 0.6) is 0 Å². The zero-order valence-corrected chi connectivity index (χ0v) is 9.16. The molecule has 0 aliphatic heterocycles. The molecule has 1 amide bonds. The van der Waals surface area contributed by atoms with Crippen LogP contribution in [0.3, 0.4) is 0 Å². The third kappa shape index (κ3) is 2.00. The standard InChI is InChI=1S/C10H16N4O/c1-3-14(4-2)10(15)9-11-8(12-13-9)7-5-6-7/h7H,3-6H2,1-2H3,(H,11,12,13). The van der Waals surface area contributed by atoms with Gasteiger partial charge in [0.05, 0.1) is 0 Å². The van der Waals surface area contributed by atoms with E-state index < -0.39 is 0 Å². The van der Waals surface area contributed by atoms with Gasteiger partial charge < -0.3 is 4.90 Å². The maximum absolute atomic E-state index is 11.8. The average molecular weight is 208 g/mol. The molecule has 1 saturated carbocycles. The molecule has 1 aromatic heterocycles. The average Bonchev–Trinajstić information content (AvgIpc) is 2.98. The quantitative estimate of drug-likeness (QED) is 0.807. The normalized spacial score (nSPS) is 15.3. The van der Waals surface area contributed by atoms with Gasteiger partial charge in [-0.2, -0.15) is 0 Å².